The average molecular weight is 122 g/mol. The average Bonchev–Trinajstić information content (AvgIpc) is 2.33. The van der Waals surface area contributed by atoms with Gasteiger partial charge in [-0.15, -0.1) is 0 Å². The van der Waals surface area contributed by atoms with Gasteiger partial charge in [-0.05, 0) is 0 Å². The Morgan fingerprint density at radius 3 is 3.44 bits per heavy atom. The van der Waals surface area contributed by atoms with Gasteiger partial charge in [0.2, 0.25) is 0 Å². The van der Waals surface area contributed by atoms with Gasteiger partial charge >= 0.3 is 0 Å². The van der Waals surface area contributed by atoms with E-state index in [1.807, 2.05) is 0 Å². The van der Waals surface area contributed by atoms with E-state index in [0.29, 0.717) is 0 Å². The molecule has 0 saturated carbocycles. The first-order valence-electron chi connectivity index (χ1n) is 2.74. The molecule has 0 bridgehead atoms. The van der Waals surface area contributed by atoms with Crippen molar-refractivity contribution < 1.29 is 0 Å². The summed E-state index contributed by atoms with van der Waals surface area (Å²) < 4.78 is 0. The van der Waals surface area contributed by atoms with Gasteiger partial charge in [0.25, 0.3) is 0 Å². The largest absolute Gasteiger partial charge is 0.318 e. The van der Waals surface area contributed by atoms with Gasteiger partial charge in [0.05, 0.1) is 24.1 Å². The molecule has 0 saturated heterocycles. The van der Waals surface area contributed by atoms with Gasteiger partial charge in [-0.25, -0.2) is 15.4 Å². The molecule has 1 aliphatic heterocycles. The standard InChI is InChI=1S/C5H6N4/c1-5-4(2-8-9-5)7-3-6-1/h1,3,8-9H,2H2. The Bertz CT molecular complexity index is 199. The van der Waals surface area contributed by atoms with Crippen LogP contribution in [0.5, 0.6) is 0 Å². The summed E-state index contributed by atoms with van der Waals surface area (Å²) in [7, 11) is 0. The predicted molar refractivity (Wildman–Crippen MR) is 32.5 cm³/mol. The number of hydrogen-bond donors (Lipinski definition) is 2. The highest BCUT2D eigenvalue weighted by Crippen LogP contribution is 2.12. The minimum atomic E-state index is 0.790. The third-order valence-electron chi connectivity index (χ3n) is 1.27. The first-order chi connectivity index (χ1) is 4.47. The molecule has 0 aliphatic carbocycles. The molecule has 0 amide bonds. The number of anilines is 1. The van der Waals surface area contributed by atoms with Crippen molar-refractivity contribution in [3.63, 3.8) is 0 Å². The predicted octanol–water partition coefficient (Wildman–Crippen LogP) is -0.0933. The minimum Gasteiger partial charge on any atom is -0.318 e. The van der Waals surface area contributed by atoms with Crippen molar-refractivity contribution in [1.82, 2.24) is 15.4 Å². The SMILES string of the molecule is c1ncc2c(n1)CNN2. The fourth-order valence-corrected chi connectivity index (χ4v) is 0.823. The number of nitrogens with zero attached hydrogens (tertiary/aromatic N) is 2. The van der Waals surface area contributed by atoms with Gasteiger partial charge in [0, 0.05) is 0 Å². The van der Waals surface area contributed by atoms with Crippen molar-refractivity contribution in [2.45, 2.75) is 6.54 Å². The highest BCUT2D eigenvalue weighted by Gasteiger charge is 2.07. The molecule has 0 fully saturated rings. The highest BCUT2D eigenvalue weighted by molar-refractivity contribution is 5.47. The Hall–Kier alpha value is -1.16. The Balaban J connectivity index is 2.54. The van der Waals surface area contributed by atoms with Crippen LogP contribution in [0.4, 0.5) is 5.69 Å². The fourth-order valence-electron chi connectivity index (χ4n) is 0.823. The number of hydrogen-bond acceptors (Lipinski definition) is 4. The van der Waals surface area contributed by atoms with Crippen LogP contribution >= 0.6 is 0 Å². The van der Waals surface area contributed by atoms with Crippen LogP contribution in [0.15, 0.2) is 12.5 Å². The monoisotopic (exact) mass is 122 g/mol. The summed E-state index contributed by atoms with van der Waals surface area (Å²) in [6.45, 7) is 0.790. The number of nitrogens with one attached hydrogen (secondary N) is 2. The second-order valence-corrected chi connectivity index (χ2v) is 1.86. The van der Waals surface area contributed by atoms with Gasteiger partial charge in [-0.3, -0.25) is 0 Å². The summed E-state index contributed by atoms with van der Waals surface area (Å²) >= 11 is 0. The molecule has 2 N–H and O–H groups in total. The van der Waals surface area contributed by atoms with Crippen molar-refractivity contribution in [2.75, 3.05) is 5.43 Å². The lowest BCUT2D eigenvalue weighted by atomic mass is 10.4. The van der Waals surface area contributed by atoms with Crippen LogP contribution in [0.3, 0.4) is 0 Å². The maximum Gasteiger partial charge on any atom is 0.115 e. The molecule has 0 unspecified atom stereocenters. The molecular formula is C5H6N4. The van der Waals surface area contributed by atoms with Gasteiger partial charge in [-0.1, -0.05) is 0 Å². The van der Waals surface area contributed by atoms with Gasteiger partial charge < -0.3 is 5.43 Å². The molecule has 2 heterocycles. The summed E-state index contributed by atoms with van der Waals surface area (Å²) in [5, 5.41) is 0. The topological polar surface area (TPSA) is 49.8 Å². The maximum absolute atomic E-state index is 4.02. The Kier molecular flexibility index (Phi) is 0.868. The first-order valence-corrected chi connectivity index (χ1v) is 2.74. The van der Waals surface area contributed by atoms with Crippen LogP contribution in [-0.2, 0) is 6.54 Å². The van der Waals surface area contributed by atoms with E-state index in [1.54, 1.807) is 12.5 Å². The third kappa shape index (κ3) is 0.639. The normalized spacial score (nSPS) is 14.7. The maximum atomic E-state index is 4.02. The van der Waals surface area contributed by atoms with Crippen molar-refractivity contribution in [2.24, 2.45) is 0 Å². The molecule has 2 rings (SSSR count). The van der Waals surface area contributed by atoms with E-state index in [-0.39, 0.29) is 0 Å². The molecule has 4 nitrogen and oxygen atoms in total. The Labute approximate surface area is 52.3 Å². The molecule has 0 aromatic carbocycles. The second-order valence-electron chi connectivity index (χ2n) is 1.86. The van der Waals surface area contributed by atoms with Crippen molar-refractivity contribution >= 4 is 5.69 Å². The summed E-state index contributed by atoms with van der Waals surface area (Å²) in [5.74, 6) is 0. The summed E-state index contributed by atoms with van der Waals surface area (Å²) in [4.78, 5) is 7.87. The Morgan fingerprint density at radius 2 is 2.56 bits per heavy atom. The lowest BCUT2D eigenvalue weighted by Crippen LogP contribution is -2.10. The summed E-state index contributed by atoms with van der Waals surface area (Å²) in [6.07, 6.45) is 3.30. The molecule has 1 aromatic rings. The van der Waals surface area contributed by atoms with Gasteiger partial charge in [-0.2, -0.15) is 0 Å². The molecule has 0 atom stereocenters. The van der Waals surface area contributed by atoms with E-state index >= 15 is 0 Å². The van der Waals surface area contributed by atoms with Crippen LogP contribution in [-0.4, -0.2) is 9.97 Å². The molecule has 0 radical (unpaired) electrons. The molecule has 1 aromatic heterocycles. The number of fused-ring (bicyclic) bond motifs is 1. The zero-order valence-corrected chi connectivity index (χ0v) is 4.76. The van der Waals surface area contributed by atoms with Gasteiger partial charge in [0.15, 0.2) is 0 Å². The minimum absolute atomic E-state index is 0.790. The zero-order chi connectivity index (χ0) is 6.10. The van der Waals surface area contributed by atoms with Crippen LogP contribution in [0.1, 0.15) is 5.69 Å². The van der Waals surface area contributed by atoms with Crippen LogP contribution in [0.25, 0.3) is 0 Å². The van der Waals surface area contributed by atoms with Gasteiger partial charge in [0.1, 0.15) is 6.33 Å². The van der Waals surface area contributed by atoms with E-state index < -0.39 is 0 Å². The summed E-state index contributed by atoms with van der Waals surface area (Å²) in [5.41, 5.74) is 7.88. The molecule has 4 heteroatoms. The quantitative estimate of drug-likeness (QED) is 0.504. The van der Waals surface area contributed by atoms with Crippen LogP contribution < -0.4 is 10.9 Å². The molecule has 0 spiro atoms. The second kappa shape index (κ2) is 1.66. The number of rotatable bonds is 0. The van der Waals surface area contributed by atoms with Crippen LogP contribution in [0.2, 0.25) is 0 Å². The number of aromatic nitrogens is 2. The zero-order valence-electron chi connectivity index (χ0n) is 4.76. The van der Waals surface area contributed by atoms with Crippen molar-refractivity contribution in [1.29, 1.82) is 0 Å². The molecular weight excluding hydrogens is 116 g/mol. The van der Waals surface area contributed by atoms with E-state index in [2.05, 4.69) is 20.8 Å². The van der Waals surface area contributed by atoms with E-state index in [4.69, 9.17) is 0 Å². The van der Waals surface area contributed by atoms with E-state index in [1.165, 1.54) is 0 Å². The van der Waals surface area contributed by atoms with Crippen molar-refractivity contribution in [3.05, 3.63) is 18.2 Å². The highest BCUT2D eigenvalue weighted by atomic mass is 15.4. The first kappa shape index (κ1) is 4.69. The molecule has 9 heavy (non-hydrogen) atoms. The Morgan fingerprint density at radius 1 is 1.56 bits per heavy atom. The lowest BCUT2D eigenvalue weighted by Gasteiger charge is -1.91. The van der Waals surface area contributed by atoms with E-state index in [9.17, 15) is 0 Å². The van der Waals surface area contributed by atoms with E-state index in [0.717, 1.165) is 17.9 Å². The fraction of sp³-hybridized carbons (Fsp3) is 0.200. The van der Waals surface area contributed by atoms with Crippen molar-refractivity contribution in [3.8, 4) is 0 Å². The molecule has 1 aliphatic rings. The number of hydrazine groups is 1. The van der Waals surface area contributed by atoms with Crippen LogP contribution in [0, 0.1) is 0 Å². The summed E-state index contributed by atoms with van der Waals surface area (Å²) in [6, 6.07) is 0. The third-order valence-corrected chi connectivity index (χ3v) is 1.27. The molecule has 46 valence electrons. The smallest absolute Gasteiger partial charge is 0.115 e. The lowest BCUT2D eigenvalue weighted by molar-refractivity contribution is 0.839.